The van der Waals surface area contributed by atoms with E-state index in [9.17, 15) is 9.59 Å². The van der Waals surface area contributed by atoms with E-state index < -0.39 is 11.8 Å². The zero-order valence-electron chi connectivity index (χ0n) is 10.6. The lowest BCUT2D eigenvalue weighted by Gasteiger charge is -2.26. The number of nitrogens with one attached hydrogen (secondary N) is 2. The Bertz CT molecular complexity index is 662. The Hall–Kier alpha value is -2.83. The fourth-order valence-corrected chi connectivity index (χ4v) is 2.13. The minimum absolute atomic E-state index is 0.423. The van der Waals surface area contributed by atoms with Crippen LogP contribution >= 0.6 is 0 Å². The van der Waals surface area contributed by atoms with Gasteiger partial charge in [-0.05, 0) is 17.7 Å². The number of benzene rings is 1. The topological polar surface area (TPSA) is 104 Å². The van der Waals surface area contributed by atoms with Crippen molar-refractivity contribution in [1.29, 1.82) is 0 Å². The number of piperazine rings is 1. The Kier molecular flexibility index (Phi) is 2.86. The molecule has 4 N–H and O–H groups in total. The van der Waals surface area contributed by atoms with E-state index in [1.54, 1.807) is 18.2 Å². The van der Waals surface area contributed by atoms with Crippen LogP contribution in [0.2, 0.25) is 0 Å². The fourth-order valence-electron chi connectivity index (χ4n) is 2.13. The molecule has 2 aromatic rings. The van der Waals surface area contributed by atoms with Crippen molar-refractivity contribution in [2.24, 2.45) is 0 Å². The zero-order chi connectivity index (χ0) is 14.1. The molecule has 3 rings (SSSR count). The molecule has 1 aromatic heterocycles. The van der Waals surface area contributed by atoms with Crippen LogP contribution in [0.25, 0.3) is 11.3 Å². The molecule has 1 saturated heterocycles. The van der Waals surface area contributed by atoms with Crippen LogP contribution in [0.5, 0.6) is 0 Å². The first-order chi connectivity index (χ1) is 9.65. The van der Waals surface area contributed by atoms with Gasteiger partial charge in [0.15, 0.2) is 0 Å². The van der Waals surface area contributed by atoms with Crippen LogP contribution in [0, 0.1) is 0 Å². The molecule has 0 saturated carbocycles. The number of anilines is 2. The lowest BCUT2D eigenvalue weighted by molar-refractivity contribution is -0.138. The minimum atomic E-state index is -0.568. The van der Waals surface area contributed by atoms with Crippen molar-refractivity contribution in [3.63, 3.8) is 0 Å². The molecule has 7 nitrogen and oxygen atoms in total. The van der Waals surface area contributed by atoms with Gasteiger partial charge in [-0.2, -0.15) is 5.10 Å². The summed E-state index contributed by atoms with van der Waals surface area (Å²) in [4.78, 5) is 24.6. The summed E-state index contributed by atoms with van der Waals surface area (Å²) in [6, 6.07) is 9.02. The highest BCUT2D eigenvalue weighted by Gasteiger charge is 2.26. The van der Waals surface area contributed by atoms with E-state index in [-0.39, 0.29) is 0 Å². The third kappa shape index (κ3) is 2.09. The fraction of sp³-hybridized carbons (Fsp3) is 0.154. The maximum Gasteiger partial charge on any atom is 0.316 e. The quantitative estimate of drug-likeness (QED) is 0.675. The normalized spacial score (nSPS) is 15.3. The number of nitrogens with zero attached hydrogens (tertiary/aromatic N) is 2. The average Bonchev–Trinajstić information content (AvgIpc) is 2.89. The van der Waals surface area contributed by atoms with Gasteiger partial charge in [0.25, 0.3) is 0 Å². The smallest absolute Gasteiger partial charge is 0.316 e. The van der Waals surface area contributed by atoms with E-state index in [0.29, 0.717) is 24.6 Å². The second-order valence-electron chi connectivity index (χ2n) is 4.47. The highest BCUT2D eigenvalue weighted by atomic mass is 16.2. The van der Waals surface area contributed by atoms with Crippen molar-refractivity contribution in [3.05, 3.63) is 30.3 Å². The molecule has 102 valence electrons. The van der Waals surface area contributed by atoms with Crippen molar-refractivity contribution in [3.8, 4) is 11.3 Å². The molecule has 0 bridgehead atoms. The Morgan fingerprint density at radius 1 is 1.20 bits per heavy atom. The van der Waals surface area contributed by atoms with Gasteiger partial charge in [0.05, 0.1) is 5.69 Å². The Balaban J connectivity index is 1.86. The molecular weight excluding hydrogens is 258 g/mol. The van der Waals surface area contributed by atoms with Gasteiger partial charge in [0.2, 0.25) is 0 Å². The number of rotatable bonds is 2. The highest BCUT2D eigenvalue weighted by Crippen LogP contribution is 2.23. The number of carbonyl (C=O) groups excluding carboxylic acids is 2. The number of amides is 2. The first kappa shape index (κ1) is 12.2. The van der Waals surface area contributed by atoms with E-state index in [0.717, 1.165) is 11.3 Å². The molecule has 2 heterocycles. The molecule has 1 fully saturated rings. The molecule has 0 spiro atoms. The molecule has 20 heavy (non-hydrogen) atoms. The van der Waals surface area contributed by atoms with Crippen LogP contribution in [-0.2, 0) is 9.59 Å². The first-order valence-electron chi connectivity index (χ1n) is 6.16. The van der Waals surface area contributed by atoms with Gasteiger partial charge in [-0.25, -0.2) is 0 Å². The molecule has 1 aliphatic rings. The van der Waals surface area contributed by atoms with E-state index in [1.165, 1.54) is 4.90 Å². The molecule has 7 heteroatoms. The van der Waals surface area contributed by atoms with Gasteiger partial charge in [0, 0.05) is 24.8 Å². The predicted molar refractivity (Wildman–Crippen MR) is 73.8 cm³/mol. The lowest BCUT2D eigenvalue weighted by atomic mass is 10.1. The maximum atomic E-state index is 11.8. The monoisotopic (exact) mass is 271 g/mol. The number of nitrogen functional groups attached to an aromatic ring is 1. The standard InChI is InChI=1S/C13H13N5O2/c14-11-7-10(16-17-11)8-1-3-9(4-2-8)18-6-5-15-12(19)13(18)20/h1-4,7H,5-6H2,(H,15,19)(H3,14,16,17). The lowest BCUT2D eigenvalue weighted by Crippen LogP contribution is -2.52. The van der Waals surface area contributed by atoms with Crippen LogP contribution in [0.4, 0.5) is 11.5 Å². The van der Waals surface area contributed by atoms with Crippen LogP contribution in [0.3, 0.4) is 0 Å². The summed E-state index contributed by atoms with van der Waals surface area (Å²) in [6.45, 7) is 0.935. The van der Waals surface area contributed by atoms with Crippen LogP contribution in [0.15, 0.2) is 30.3 Å². The SMILES string of the molecule is Nc1cc(-c2ccc(N3CCNC(=O)C3=O)cc2)[nH]n1. The average molecular weight is 271 g/mol. The summed E-state index contributed by atoms with van der Waals surface area (Å²) in [6.07, 6.45) is 0. The summed E-state index contributed by atoms with van der Waals surface area (Å²) < 4.78 is 0. The van der Waals surface area contributed by atoms with E-state index in [4.69, 9.17) is 5.73 Å². The van der Waals surface area contributed by atoms with Crippen molar-refractivity contribution < 1.29 is 9.59 Å². The number of hydrogen-bond donors (Lipinski definition) is 3. The molecule has 0 radical (unpaired) electrons. The zero-order valence-corrected chi connectivity index (χ0v) is 10.6. The molecule has 1 aromatic carbocycles. The molecular formula is C13H13N5O2. The second-order valence-corrected chi connectivity index (χ2v) is 4.47. The Morgan fingerprint density at radius 2 is 1.95 bits per heavy atom. The van der Waals surface area contributed by atoms with E-state index >= 15 is 0 Å². The van der Waals surface area contributed by atoms with Gasteiger partial charge in [0.1, 0.15) is 5.82 Å². The summed E-state index contributed by atoms with van der Waals surface area (Å²) in [5.41, 5.74) is 7.96. The summed E-state index contributed by atoms with van der Waals surface area (Å²) in [5.74, 6) is -0.677. The van der Waals surface area contributed by atoms with E-state index in [2.05, 4.69) is 15.5 Å². The number of hydrogen-bond acceptors (Lipinski definition) is 4. The Labute approximate surface area is 114 Å². The predicted octanol–water partition coefficient (Wildman–Crippen LogP) is 0.122. The molecule has 0 unspecified atom stereocenters. The molecule has 0 aliphatic carbocycles. The maximum absolute atomic E-state index is 11.8. The molecule has 0 atom stereocenters. The van der Waals surface area contributed by atoms with Crippen LogP contribution in [0.1, 0.15) is 0 Å². The number of aromatic nitrogens is 2. The summed E-state index contributed by atoms with van der Waals surface area (Å²) in [7, 11) is 0. The minimum Gasteiger partial charge on any atom is -0.382 e. The summed E-state index contributed by atoms with van der Waals surface area (Å²) in [5, 5.41) is 9.19. The highest BCUT2D eigenvalue weighted by molar-refractivity contribution is 6.41. The molecule has 2 amide bonds. The Morgan fingerprint density at radius 3 is 2.60 bits per heavy atom. The first-order valence-corrected chi connectivity index (χ1v) is 6.16. The summed E-state index contributed by atoms with van der Waals surface area (Å²) >= 11 is 0. The van der Waals surface area contributed by atoms with Crippen molar-refractivity contribution in [1.82, 2.24) is 15.5 Å². The van der Waals surface area contributed by atoms with Crippen LogP contribution < -0.4 is 16.0 Å². The van der Waals surface area contributed by atoms with Gasteiger partial charge in [-0.3, -0.25) is 14.7 Å². The largest absolute Gasteiger partial charge is 0.382 e. The molecule has 1 aliphatic heterocycles. The third-order valence-electron chi connectivity index (χ3n) is 3.15. The van der Waals surface area contributed by atoms with Gasteiger partial charge in [-0.1, -0.05) is 12.1 Å². The van der Waals surface area contributed by atoms with Crippen molar-refractivity contribution >= 4 is 23.3 Å². The van der Waals surface area contributed by atoms with Crippen LogP contribution in [-0.4, -0.2) is 35.1 Å². The number of nitrogens with two attached hydrogens (primary N) is 1. The number of aromatic amines is 1. The van der Waals surface area contributed by atoms with Gasteiger partial charge >= 0.3 is 11.8 Å². The third-order valence-corrected chi connectivity index (χ3v) is 3.15. The number of H-pyrrole nitrogens is 1. The van der Waals surface area contributed by atoms with Crippen molar-refractivity contribution in [2.75, 3.05) is 23.7 Å². The van der Waals surface area contributed by atoms with Gasteiger partial charge < -0.3 is 16.0 Å². The second kappa shape index (κ2) is 4.69. The van der Waals surface area contributed by atoms with E-state index in [1.807, 2.05) is 12.1 Å². The number of carbonyl (C=O) groups is 2. The van der Waals surface area contributed by atoms with Crippen molar-refractivity contribution in [2.45, 2.75) is 0 Å². The van der Waals surface area contributed by atoms with Gasteiger partial charge in [-0.15, -0.1) is 0 Å².